The Balaban J connectivity index is 1.73. The van der Waals surface area contributed by atoms with Crippen LogP contribution in [0.1, 0.15) is 29.1 Å². The third-order valence-corrected chi connectivity index (χ3v) is 5.25. The maximum atomic E-state index is 12.9. The van der Waals surface area contributed by atoms with Crippen LogP contribution in [0.5, 0.6) is 0 Å². The molecule has 3 rings (SSSR count). The van der Waals surface area contributed by atoms with E-state index in [9.17, 15) is 4.79 Å². The number of nitrogens with zero attached hydrogens (tertiary/aromatic N) is 4. The molecular weight excluding hydrogens is 320 g/mol. The highest BCUT2D eigenvalue weighted by Gasteiger charge is 2.32. The Morgan fingerprint density at radius 2 is 2.17 bits per heavy atom. The molecule has 0 spiro atoms. The Labute approximate surface area is 146 Å². The van der Waals surface area contributed by atoms with Gasteiger partial charge in [0.2, 0.25) is 5.91 Å². The number of aryl methyl sites for hydroxylation is 1. The van der Waals surface area contributed by atoms with Crippen molar-refractivity contribution in [3.05, 3.63) is 45.9 Å². The first kappa shape index (κ1) is 16.6. The van der Waals surface area contributed by atoms with E-state index in [1.807, 2.05) is 36.4 Å². The molecular formula is C18H20N4OS. The van der Waals surface area contributed by atoms with Crippen LogP contribution in [0, 0.1) is 18.3 Å². The predicted octanol–water partition coefficient (Wildman–Crippen LogP) is 2.95. The smallest absolute Gasteiger partial charge is 0.244 e. The van der Waals surface area contributed by atoms with E-state index in [2.05, 4.69) is 16.0 Å². The van der Waals surface area contributed by atoms with Gasteiger partial charge in [0, 0.05) is 23.3 Å². The molecule has 0 N–H and O–H groups in total. The number of hydrogen-bond donors (Lipinski definition) is 0. The largest absolute Gasteiger partial charge is 0.311 e. The van der Waals surface area contributed by atoms with Gasteiger partial charge in [-0.3, -0.25) is 9.69 Å². The van der Waals surface area contributed by atoms with Crippen molar-refractivity contribution in [3.8, 4) is 6.07 Å². The molecule has 24 heavy (non-hydrogen) atoms. The van der Waals surface area contributed by atoms with Crippen LogP contribution in [0.4, 0.5) is 5.69 Å². The molecule has 6 heteroatoms. The topological polar surface area (TPSA) is 60.2 Å². The highest BCUT2D eigenvalue weighted by Crippen LogP contribution is 2.25. The fourth-order valence-electron chi connectivity index (χ4n) is 3.04. The van der Waals surface area contributed by atoms with Gasteiger partial charge in [-0.05, 0) is 51.1 Å². The number of carbonyl (C=O) groups is 1. The number of anilines is 1. The van der Waals surface area contributed by atoms with Gasteiger partial charge in [0.25, 0.3) is 0 Å². The Kier molecular flexibility index (Phi) is 4.93. The molecule has 0 aliphatic carbocycles. The number of amides is 1. The van der Waals surface area contributed by atoms with Gasteiger partial charge in [-0.1, -0.05) is 0 Å². The second-order valence-electron chi connectivity index (χ2n) is 6.10. The molecule has 0 unspecified atom stereocenters. The summed E-state index contributed by atoms with van der Waals surface area (Å²) in [5, 5.41) is 12.0. The second-order valence-corrected chi connectivity index (χ2v) is 7.05. The average molecular weight is 340 g/mol. The van der Waals surface area contributed by atoms with Crippen molar-refractivity contribution in [2.75, 3.05) is 18.5 Å². The fourth-order valence-corrected chi connectivity index (χ4v) is 3.87. The van der Waals surface area contributed by atoms with Crippen molar-refractivity contribution >= 4 is 22.9 Å². The van der Waals surface area contributed by atoms with Crippen LogP contribution < -0.4 is 4.90 Å². The van der Waals surface area contributed by atoms with Crippen molar-refractivity contribution in [2.24, 2.45) is 0 Å². The molecule has 2 heterocycles. The first-order valence-corrected chi connectivity index (χ1v) is 8.89. The highest BCUT2D eigenvalue weighted by atomic mass is 32.1. The summed E-state index contributed by atoms with van der Waals surface area (Å²) in [5.74, 6) is 0.127. The van der Waals surface area contributed by atoms with Gasteiger partial charge in [0.1, 0.15) is 5.01 Å². The van der Waals surface area contributed by atoms with Crippen LogP contribution >= 0.6 is 11.3 Å². The van der Waals surface area contributed by atoms with Gasteiger partial charge in [0.05, 0.1) is 24.2 Å². The first-order valence-electron chi connectivity index (χ1n) is 8.01. The van der Waals surface area contributed by atoms with E-state index in [1.165, 1.54) is 0 Å². The van der Waals surface area contributed by atoms with E-state index in [-0.39, 0.29) is 11.9 Å². The zero-order chi connectivity index (χ0) is 17.1. The summed E-state index contributed by atoms with van der Waals surface area (Å²) in [6.07, 6.45) is 1.84. The number of aromatic nitrogens is 1. The number of carbonyl (C=O) groups excluding carboxylic acids is 1. The Hall–Kier alpha value is -2.23. The SMILES string of the molecule is Cc1csc(CN(C)[C@H]2CCCN(c3ccc(C#N)cc3)C2=O)n1. The molecule has 1 amide bonds. The normalized spacial score (nSPS) is 18.0. The fraction of sp³-hybridized carbons (Fsp3) is 0.389. The average Bonchev–Trinajstić information content (AvgIpc) is 3.00. The molecule has 0 radical (unpaired) electrons. The van der Waals surface area contributed by atoms with Gasteiger partial charge in [-0.15, -0.1) is 11.3 Å². The summed E-state index contributed by atoms with van der Waals surface area (Å²) in [5.41, 5.74) is 2.50. The molecule has 0 bridgehead atoms. The van der Waals surface area contributed by atoms with Crippen LogP contribution in [-0.2, 0) is 11.3 Å². The van der Waals surface area contributed by atoms with Crippen LogP contribution in [-0.4, -0.2) is 35.4 Å². The van der Waals surface area contributed by atoms with E-state index in [1.54, 1.807) is 23.5 Å². The van der Waals surface area contributed by atoms with Crippen molar-refractivity contribution in [3.63, 3.8) is 0 Å². The summed E-state index contributed by atoms with van der Waals surface area (Å²) in [7, 11) is 1.99. The van der Waals surface area contributed by atoms with Gasteiger partial charge in [0.15, 0.2) is 0 Å². The third kappa shape index (κ3) is 3.48. The molecule has 1 fully saturated rings. The summed E-state index contributed by atoms with van der Waals surface area (Å²) < 4.78 is 0. The van der Waals surface area contributed by atoms with Gasteiger partial charge in [-0.2, -0.15) is 5.26 Å². The first-order chi connectivity index (χ1) is 11.6. The number of hydrogen-bond acceptors (Lipinski definition) is 5. The van der Waals surface area contributed by atoms with Crippen LogP contribution in [0.15, 0.2) is 29.6 Å². The summed E-state index contributed by atoms with van der Waals surface area (Å²) >= 11 is 1.64. The van der Waals surface area contributed by atoms with Crippen LogP contribution in [0.3, 0.4) is 0 Å². The molecule has 1 saturated heterocycles. The van der Waals surface area contributed by atoms with Crippen molar-refractivity contribution in [1.29, 1.82) is 5.26 Å². The number of nitriles is 1. The maximum absolute atomic E-state index is 12.9. The minimum Gasteiger partial charge on any atom is -0.311 e. The highest BCUT2D eigenvalue weighted by molar-refractivity contribution is 7.09. The van der Waals surface area contributed by atoms with E-state index < -0.39 is 0 Å². The number of likely N-dealkylation sites (N-methyl/N-ethyl adjacent to an activating group) is 1. The zero-order valence-electron chi connectivity index (χ0n) is 13.9. The van der Waals surface area contributed by atoms with Crippen molar-refractivity contribution in [1.82, 2.24) is 9.88 Å². The molecule has 1 aliphatic heterocycles. The van der Waals surface area contributed by atoms with E-state index in [4.69, 9.17) is 5.26 Å². The molecule has 1 atom stereocenters. The second kappa shape index (κ2) is 7.12. The lowest BCUT2D eigenvalue weighted by atomic mass is 10.0. The lowest BCUT2D eigenvalue weighted by molar-refractivity contribution is -0.125. The minimum atomic E-state index is -0.126. The molecule has 2 aromatic rings. The van der Waals surface area contributed by atoms with E-state index in [0.29, 0.717) is 12.1 Å². The van der Waals surface area contributed by atoms with Crippen LogP contribution in [0.25, 0.3) is 0 Å². The molecule has 1 aromatic heterocycles. The quantitative estimate of drug-likeness (QED) is 0.858. The molecule has 124 valence electrons. The van der Waals surface area contributed by atoms with Crippen LogP contribution in [0.2, 0.25) is 0 Å². The third-order valence-electron chi connectivity index (χ3n) is 4.30. The van der Waals surface area contributed by atoms with Crippen molar-refractivity contribution < 1.29 is 4.79 Å². The summed E-state index contributed by atoms with van der Waals surface area (Å²) in [6, 6.07) is 9.20. The molecule has 1 aromatic carbocycles. The monoisotopic (exact) mass is 340 g/mol. The van der Waals surface area contributed by atoms with Gasteiger partial charge in [-0.25, -0.2) is 4.98 Å². The Morgan fingerprint density at radius 3 is 2.79 bits per heavy atom. The number of rotatable bonds is 4. The maximum Gasteiger partial charge on any atom is 0.244 e. The predicted molar refractivity (Wildman–Crippen MR) is 94.9 cm³/mol. The Morgan fingerprint density at radius 1 is 1.42 bits per heavy atom. The minimum absolute atomic E-state index is 0.126. The molecule has 0 saturated carbocycles. The van der Waals surface area contributed by atoms with E-state index in [0.717, 1.165) is 35.8 Å². The number of thiazole rings is 1. The summed E-state index contributed by atoms with van der Waals surface area (Å²) in [6.45, 7) is 3.40. The zero-order valence-corrected chi connectivity index (χ0v) is 14.7. The lowest BCUT2D eigenvalue weighted by Crippen LogP contribution is -2.51. The molecule has 5 nitrogen and oxygen atoms in total. The van der Waals surface area contributed by atoms with Crippen molar-refractivity contribution in [2.45, 2.75) is 32.4 Å². The lowest BCUT2D eigenvalue weighted by Gasteiger charge is -2.36. The van der Waals surface area contributed by atoms with Gasteiger partial charge < -0.3 is 4.90 Å². The number of benzene rings is 1. The van der Waals surface area contributed by atoms with Gasteiger partial charge >= 0.3 is 0 Å². The van der Waals surface area contributed by atoms with E-state index >= 15 is 0 Å². The summed E-state index contributed by atoms with van der Waals surface area (Å²) in [4.78, 5) is 21.3. The standard InChI is InChI=1S/C18H20N4OS/c1-13-12-24-17(20-13)11-21(2)16-4-3-9-22(18(16)23)15-7-5-14(10-19)6-8-15/h5-8,12,16H,3-4,9,11H2,1-2H3/t16-/m0/s1. The molecule has 1 aliphatic rings. The number of piperidine rings is 1. The Bertz CT molecular complexity index is 762.